The van der Waals surface area contributed by atoms with Crippen LogP contribution in [-0.2, 0) is 6.42 Å². The molecule has 1 aromatic heterocycles. The lowest BCUT2D eigenvalue weighted by Gasteiger charge is -1.95. The number of aromatic nitrogens is 1. The normalized spacial score (nSPS) is 10.6. The van der Waals surface area contributed by atoms with Crippen molar-refractivity contribution in [1.29, 1.82) is 0 Å². The third kappa shape index (κ3) is 2.46. The van der Waals surface area contributed by atoms with E-state index in [9.17, 15) is 4.39 Å². The van der Waals surface area contributed by atoms with Gasteiger partial charge >= 0.3 is 0 Å². The predicted molar refractivity (Wildman–Crippen MR) is 57.3 cm³/mol. The maximum atomic E-state index is 12.7. The molecule has 0 saturated heterocycles. The Labute approximate surface area is 92.6 Å². The van der Waals surface area contributed by atoms with E-state index in [0.717, 1.165) is 5.56 Å². The molecule has 0 aliphatic heterocycles. The standard InChI is InChI=1S/C12H12FNO2/c13-10-5-3-9(4-6-10)11-8-14-12(16-11)2-1-7-15/h3-6,8,15H,1-2,7H2. The van der Waals surface area contributed by atoms with Crippen molar-refractivity contribution in [1.82, 2.24) is 4.98 Å². The van der Waals surface area contributed by atoms with Crippen LogP contribution in [0.4, 0.5) is 4.39 Å². The number of aliphatic hydroxyl groups is 1. The van der Waals surface area contributed by atoms with Gasteiger partial charge in [0.2, 0.25) is 0 Å². The van der Waals surface area contributed by atoms with Gasteiger partial charge in [0.05, 0.1) is 6.20 Å². The van der Waals surface area contributed by atoms with E-state index >= 15 is 0 Å². The Morgan fingerprint density at radius 3 is 2.69 bits per heavy atom. The highest BCUT2D eigenvalue weighted by atomic mass is 19.1. The summed E-state index contributed by atoms with van der Waals surface area (Å²) >= 11 is 0. The molecule has 4 heteroatoms. The third-order valence-electron chi connectivity index (χ3n) is 2.23. The summed E-state index contributed by atoms with van der Waals surface area (Å²) in [6.45, 7) is 0.119. The van der Waals surface area contributed by atoms with Gasteiger partial charge in [0.1, 0.15) is 5.82 Å². The molecule has 3 nitrogen and oxygen atoms in total. The van der Waals surface area contributed by atoms with Crippen molar-refractivity contribution in [2.45, 2.75) is 12.8 Å². The van der Waals surface area contributed by atoms with Crippen molar-refractivity contribution >= 4 is 0 Å². The van der Waals surface area contributed by atoms with Crippen molar-refractivity contribution in [2.24, 2.45) is 0 Å². The zero-order chi connectivity index (χ0) is 11.4. The molecule has 0 aliphatic carbocycles. The van der Waals surface area contributed by atoms with E-state index in [-0.39, 0.29) is 12.4 Å². The SMILES string of the molecule is OCCCc1ncc(-c2ccc(F)cc2)o1. The fourth-order valence-electron chi connectivity index (χ4n) is 1.40. The first-order valence-electron chi connectivity index (χ1n) is 5.11. The number of oxazole rings is 1. The maximum absolute atomic E-state index is 12.7. The molecule has 0 atom stereocenters. The molecule has 0 bridgehead atoms. The number of rotatable bonds is 4. The average Bonchev–Trinajstić information content (AvgIpc) is 2.76. The van der Waals surface area contributed by atoms with E-state index < -0.39 is 0 Å². The molecule has 84 valence electrons. The fourth-order valence-corrected chi connectivity index (χ4v) is 1.40. The molecule has 1 heterocycles. The number of nitrogens with zero attached hydrogens (tertiary/aromatic N) is 1. The van der Waals surface area contributed by atoms with Crippen molar-refractivity contribution in [3.63, 3.8) is 0 Å². The molecule has 0 aliphatic rings. The Bertz CT molecular complexity index is 450. The molecule has 0 fully saturated rings. The maximum Gasteiger partial charge on any atom is 0.194 e. The third-order valence-corrected chi connectivity index (χ3v) is 2.23. The second-order valence-corrected chi connectivity index (χ2v) is 3.45. The molecule has 1 aromatic carbocycles. The Morgan fingerprint density at radius 1 is 1.25 bits per heavy atom. The Morgan fingerprint density at radius 2 is 2.00 bits per heavy atom. The molecular formula is C12H12FNO2. The topological polar surface area (TPSA) is 46.3 Å². The number of benzene rings is 1. The van der Waals surface area contributed by atoms with Gasteiger partial charge in [-0.3, -0.25) is 0 Å². The summed E-state index contributed by atoms with van der Waals surface area (Å²) in [5, 5.41) is 8.67. The first kappa shape index (κ1) is 10.8. The molecule has 16 heavy (non-hydrogen) atoms. The molecule has 2 aromatic rings. The lowest BCUT2D eigenvalue weighted by molar-refractivity contribution is 0.283. The Hall–Kier alpha value is -1.68. The molecule has 0 radical (unpaired) electrons. The lowest BCUT2D eigenvalue weighted by Crippen LogP contribution is -1.88. The van der Waals surface area contributed by atoms with Crippen LogP contribution in [0.3, 0.4) is 0 Å². The van der Waals surface area contributed by atoms with E-state index in [1.165, 1.54) is 12.1 Å². The lowest BCUT2D eigenvalue weighted by atomic mass is 10.2. The molecule has 0 unspecified atom stereocenters. The van der Waals surface area contributed by atoms with Gasteiger partial charge in [0, 0.05) is 18.6 Å². The van der Waals surface area contributed by atoms with E-state index in [2.05, 4.69) is 4.98 Å². The minimum absolute atomic E-state index is 0.119. The first-order valence-corrected chi connectivity index (χ1v) is 5.11. The summed E-state index contributed by atoms with van der Waals surface area (Å²) in [4.78, 5) is 4.08. The fraction of sp³-hybridized carbons (Fsp3) is 0.250. The van der Waals surface area contributed by atoms with E-state index in [0.29, 0.717) is 24.5 Å². The van der Waals surface area contributed by atoms with Gasteiger partial charge in [-0.25, -0.2) is 9.37 Å². The van der Waals surface area contributed by atoms with Crippen LogP contribution in [0.15, 0.2) is 34.9 Å². The minimum atomic E-state index is -0.274. The van der Waals surface area contributed by atoms with Gasteiger partial charge in [-0.2, -0.15) is 0 Å². The monoisotopic (exact) mass is 221 g/mol. The van der Waals surface area contributed by atoms with Crippen molar-refractivity contribution in [2.75, 3.05) is 6.61 Å². The molecule has 1 N–H and O–H groups in total. The molecular weight excluding hydrogens is 209 g/mol. The highest BCUT2D eigenvalue weighted by molar-refractivity contribution is 5.55. The van der Waals surface area contributed by atoms with Crippen LogP contribution in [0.25, 0.3) is 11.3 Å². The Kier molecular flexibility index (Phi) is 3.31. The number of hydrogen-bond acceptors (Lipinski definition) is 3. The van der Waals surface area contributed by atoms with Gasteiger partial charge in [-0.05, 0) is 30.7 Å². The molecule has 0 spiro atoms. The minimum Gasteiger partial charge on any atom is -0.441 e. The first-order chi connectivity index (χ1) is 7.79. The molecule has 2 rings (SSSR count). The van der Waals surface area contributed by atoms with Crippen LogP contribution >= 0.6 is 0 Å². The van der Waals surface area contributed by atoms with Gasteiger partial charge in [0.15, 0.2) is 11.7 Å². The second-order valence-electron chi connectivity index (χ2n) is 3.45. The quantitative estimate of drug-likeness (QED) is 0.862. The summed E-state index contributed by atoms with van der Waals surface area (Å²) in [5.41, 5.74) is 0.796. The van der Waals surface area contributed by atoms with Crippen LogP contribution in [0.2, 0.25) is 0 Å². The van der Waals surface area contributed by atoms with Crippen molar-refractivity contribution in [3.05, 3.63) is 42.2 Å². The van der Waals surface area contributed by atoms with Gasteiger partial charge in [0.25, 0.3) is 0 Å². The second kappa shape index (κ2) is 4.90. The van der Waals surface area contributed by atoms with Gasteiger partial charge < -0.3 is 9.52 Å². The zero-order valence-corrected chi connectivity index (χ0v) is 8.69. The van der Waals surface area contributed by atoms with E-state index in [1.54, 1.807) is 18.3 Å². The van der Waals surface area contributed by atoms with E-state index in [1.807, 2.05) is 0 Å². The summed E-state index contributed by atoms with van der Waals surface area (Å²) in [6, 6.07) is 6.05. The summed E-state index contributed by atoms with van der Waals surface area (Å²) in [5.74, 6) is 0.935. The highest BCUT2D eigenvalue weighted by Gasteiger charge is 2.05. The van der Waals surface area contributed by atoms with E-state index in [4.69, 9.17) is 9.52 Å². The van der Waals surface area contributed by atoms with Crippen LogP contribution in [0.1, 0.15) is 12.3 Å². The summed E-state index contributed by atoms with van der Waals surface area (Å²) in [7, 11) is 0. The van der Waals surface area contributed by atoms with Crippen LogP contribution < -0.4 is 0 Å². The van der Waals surface area contributed by atoms with Gasteiger partial charge in [-0.1, -0.05) is 0 Å². The molecule has 0 saturated carbocycles. The Balaban J connectivity index is 2.15. The number of hydrogen-bond donors (Lipinski definition) is 1. The largest absolute Gasteiger partial charge is 0.441 e. The predicted octanol–water partition coefficient (Wildman–Crippen LogP) is 2.41. The number of aliphatic hydroxyl groups excluding tert-OH is 1. The summed E-state index contributed by atoms with van der Waals surface area (Å²) in [6.07, 6.45) is 2.85. The van der Waals surface area contributed by atoms with Crippen molar-refractivity contribution < 1.29 is 13.9 Å². The van der Waals surface area contributed by atoms with Crippen LogP contribution in [-0.4, -0.2) is 16.7 Å². The number of aryl methyl sites for hydroxylation is 1. The van der Waals surface area contributed by atoms with Crippen LogP contribution in [0, 0.1) is 5.82 Å². The zero-order valence-electron chi connectivity index (χ0n) is 8.69. The smallest absolute Gasteiger partial charge is 0.194 e. The van der Waals surface area contributed by atoms with Gasteiger partial charge in [-0.15, -0.1) is 0 Å². The molecule has 0 amide bonds. The average molecular weight is 221 g/mol. The summed E-state index contributed by atoms with van der Waals surface area (Å²) < 4.78 is 18.2. The highest BCUT2D eigenvalue weighted by Crippen LogP contribution is 2.20. The number of halogens is 1. The van der Waals surface area contributed by atoms with Crippen molar-refractivity contribution in [3.8, 4) is 11.3 Å². The van der Waals surface area contributed by atoms with Crippen LogP contribution in [0.5, 0.6) is 0 Å².